The summed E-state index contributed by atoms with van der Waals surface area (Å²) in [4.78, 5) is 0. The van der Waals surface area contributed by atoms with Crippen LogP contribution in [0.1, 0.15) is 12.0 Å². The molecule has 1 N–H and O–H groups in total. The molecule has 0 atom stereocenters. The van der Waals surface area contributed by atoms with Crippen molar-refractivity contribution in [1.29, 1.82) is 0 Å². The van der Waals surface area contributed by atoms with Gasteiger partial charge in [0, 0.05) is 6.54 Å². The third kappa shape index (κ3) is 1.27. The lowest BCUT2D eigenvalue weighted by molar-refractivity contribution is 0.624. The number of benzene rings is 1. The molecule has 0 unspecified atom stereocenters. The van der Waals surface area contributed by atoms with E-state index in [1.807, 2.05) is 0 Å². The number of hydrogen-bond acceptors (Lipinski definition) is 1. The Labute approximate surface area is 75.5 Å². The fraction of sp³-hybridized carbons (Fsp3) is 0.333. The molecular weight excluding hydrogens is 177 g/mol. The maximum atomic E-state index is 12.8. The van der Waals surface area contributed by atoms with Crippen LogP contribution < -0.4 is 5.32 Å². The highest BCUT2D eigenvalue weighted by Crippen LogP contribution is 2.30. The summed E-state index contributed by atoms with van der Waals surface area (Å²) in [7, 11) is 0. The van der Waals surface area contributed by atoms with E-state index in [4.69, 9.17) is 11.6 Å². The van der Waals surface area contributed by atoms with E-state index in [0.29, 0.717) is 5.02 Å². The molecule has 0 spiro atoms. The maximum absolute atomic E-state index is 12.8. The van der Waals surface area contributed by atoms with Crippen molar-refractivity contribution in [3.63, 3.8) is 0 Å². The highest BCUT2D eigenvalue weighted by atomic mass is 35.5. The molecule has 0 aromatic heterocycles. The van der Waals surface area contributed by atoms with Gasteiger partial charge in [-0.2, -0.15) is 0 Å². The lowest BCUT2D eigenvalue weighted by Crippen LogP contribution is -2.12. The van der Waals surface area contributed by atoms with E-state index in [9.17, 15) is 4.39 Å². The van der Waals surface area contributed by atoms with Crippen molar-refractivity contribution < 1.29 is 4.39 Å². The van der Waals surface area contributed by atoms with E-state index in [0.717, 1.165) is 30.6 Å². The summed E-state index contributed by atoms with van der Waals surface area (Å²) in [6.07, 6.45) is 1.96. The maximum Gasteiger partial charge on any atom is 0.125 e. The van der Waals surface area contributed by atoms with Gasteiger partial charge in [-0.25, -0.2) is 4.39 Å². The molecule has 64 valence electrons. The van der Waals surface area contributed by atoms with Crippen molar-refractivity contribution >= 4 is 17.3 Å². The Morgan fingerprint density at radius 1 is 1.42 bits per heavy atom. The number of fused-ring (bicyclic) bond motifs is 1. The molecule has 0 radical (unpaired) electrons. The van der Waals surface area contributed by atoms with Crippen LogP contribution in [0.15, 0.2) is 12.1 Å². The Morgan fingerprint density at radius 2 is 2.25 bits per heavy atom. The lowest BCUT2D eigenvalue weighted by Gasteiger charge is -2.18. The molecule has 1 heterocycles. The van der Waals surface area contributed by atoms with Crippen LogP contribution in [0.3, 0.4) is 0 Å². The van der Waals surface area contributed by atoms with Crippen molar-refractivity contribution in [2.24, 2.45) is 0 Å². The van der Waals surface area contributed by atoms with Gasteiger partial charge in [0.15, 0.2) is 0 Å². The summed E-state index contributed by atoms with van der Waals surface area (Å²) in [5.74, 6) is -0.248. The smallest absolute Gasteiger partial charge is 0.125 e. The number of rotatable bonds is 0. The van der Waals surface area contributed by atoms with Crippen LogP contribution in [0.2, 0.25) is 5.02 Å². The molecule has 1 aromatic rings. The fourth-order valence-corrected chi connectivity index (χ4v) is 1.81. The Balaban J connectivity index is 2.53. The Kier molecular flexibility index (Phi) is 1.93. The standard InChI is InChI=1S/C9H9ClFN/c10-8-5-7(11)4-6-2-1-3-12-9(6)8/h4-5,12H,1-3H2. The second-order valence-corrected chi connectivity index (χ2v) is 3.36. The molecule has 1 aromatic carbocycles. The van der Waals surface area contributed by atoms with Crippen LogP contribution in [0.25, 0.3) is 0 Å². The fourth-order valence-electron chi connectivity index (χ4n) is 1.51. The van der Waals surface area contributed by atoms with Gasteiger partial charge >= 0.3 is 0 Å². The minimum Gasteiger partial charge on any atom is -0.384 e. The van der Waals surface area contributed by atoms with Crippen LogP contribution in [-0.4, -0.2) is 6.54 Å². The Morgan fingerprint density at radius 3 is 3.08 bits per heavy atom. The molecule has 0 saturated carbocycles. The summed E-state index contributed by atoms with van der Waals surface area (Å²) in [6.45, 7) is 0.929. The average molecular weight is 186 g/mol. The first-order valence-electron chi connectivity index (χ1n) is 3.99. The average Bonchev–Trinajstić information content (AvgIpc) is 2.04. The molecule has 0 aliphatic carbocycles. The van der Waals surface area contributed by atoms with Crippen LogP contribution in [0.4, 0.5) is 10.1 Å². The van der Waals surface area contributed by atoms with Crippen LogP contribution in [-0.2, 0) is 6.42 Å². The third-order valence-corrected chi connectivity index (χ3v) is 2.36. The first-order chi connectivity index (χ1) is 5.77. The largest absolute Gasteiger partial charge is 0.384 e. The molecule has 0 fully saturated rings. The molecule has 0 saturated heterocycles. The lowest BCUT2D eigenvalue weighted by atomic mass is 10.0. The molecule has 0 bridgehead atoms. The molecule has 12 heavy (non-hydrogen) atoms. The predicted molar refractivity (Wildman–Crippen MR) is 48.2 cm³/mol. The van der Waals surface area contributed by atoms with Crippen LogP contribution >= 0.6 is 11.6 Å². The van der Waals surface area contributed by atoms with Gasteiger partial charge in [-0.1, -0.05) is 11.6 Å². The summed E-state index contributed by atoms with van der Waals surface area (Å²) < 4.78 is 12.8. The normalized spacial score (nSPS) is 15.2. The minimum atomic E-state index is -0.248. The Hall–Kier alpha value is -0.760. The zero-order valence-corrected chi connectivity index (χ0v) is 7.29. The van der Waals surface area contributed by atoms with Crippen molar-refractivity contribution in [2.45, 2.75) is 12.8 Å². The summed E-state index contributed by atoms with van der Waals surface area (Å²) >= 11 is 5.84. The molecule has 2 rings (SSSR count). The van der Waals surface area contributed by atoms with E-state index in [1.165, 1.54) is 6.07 Å². The number of nitrogens with one attached hydrogen (secondary N) is 1. The molecule has 3 heteroatoms. The molecule has 1 aliphatic heterocycles. The first-order valence-corrected chi connectivity index (χ1v) is 4.37. The Bertz CT molecular complexity index is 312. The zero-order valence-electron chi connectivity index (χ0n) is 6.53. The van der Waals surface area contributed by atoms with E-state index in [2.05, 4.69) is 5.32 Å². The zero-order chi connectivity index (χ0) is 8.55. The first kappa shape index (κ1) is 7.87. The molecule has 1 aliphatic rings. The van der Waals surface area contributed by atoms with Crippen LogP contribution in [0, 0.1) is 5.82 Å². The van der Waals surface area contributed by atoms with Gasteiger partial charge in [0.1, 0.15) is 5.82 Å². The second-order valence-electron chi connectivity index (χ2n) is 2.95. The predicted octanol–water partition coefficient (Wildman–Crippen LogP) is 2.84. The number of aryl methyl sites for hydroxylation is 1. The SMILES string of the molecule is Fc1cc(Cl)c2c(c1)CCCN2. The highest BCUT2D eigenvalue weighted by molar-refractivity contribution is 6.33. The van der Waals surface area contributed by atoms with Gasteiger partial charge in [0.2, 0.25) is 0 Å². The molecular formula is C9H9ClFN. The van der Waals surface area contributed by atoms with Crippen molar-refractivity contribution in [3.05, 3.63) is 28.5 Å². The van der Waals surface area contributed by atoms with Gasteiger partial charge < -0.3 is 5.32 Å². The number of hydrogen-bond donors (Lipinski definition) is 1. The minimum absolute atomic E-state index is 0.248. The third-order valence-electron chi connectivity index (χ3n) is 2.06. The van der Waals surface area contributed by atoms with Gasteiger partial charge in [-0.3, -0.25) is 0 Å². The number of anilines is 1. The second kappa shape index (κ2) is 2.94. The van der Waals surface area contributed by atoms with Gasteiger partial charge in [0.25, 0.3) is 0 Å². The van der Waals surface area contributed by atoms with Crippen LogP contribution in [0.5, 0.6) is 0 Å². The summed E-state index contributed by atoms with van der Waals surface area (Å²) in [6, 6.07) is 2.89. The highest BCUT2D eigenvalue weighted by Gasteiger charge is 2.12. The van der Waals surface area contributed by atoms with Gasteiger partial charge in [-0.05, 0) is 30.5 Å². The number of halogens is 2. The summed E-state index contributed by atoms with van der Waals surface area (Å²) in [5, 5.41) is 3.65. The van der Waals surface area contributed by atoms with E-state index in [-0.39, 0.29) is 5.82 Å². The van der Waals surface area contributed by atoms with E-state index < -0.39 is 0 Å². The van der Waals surface area contributed by atoms with Crippen molar-refractivity contribution in [1.82, 2.24) is 0 Å². The topological polar surface area (TPSA) is 12.0 Å². The molecule has 1 nitrogen and oxygen atoms in total. The van der Waals surface area contributed by atoms with Gasteiger partial charge in [0.05, 0.1) is 10.7 Å². The molecule has 0 amide bonds. The van der Waals surface area contributed by atoms with E-state index >= 15 is 0 Å². The quantitative estimate of drug-likeness (QED) is 0.656. The van der Waals surface area contributed by atoms with Crippen molar-refractivity contribution in [3.8, 4) is 0 Å². The van der Waals surface area contributed by atoms with E-state index in [1.54, 1.807) is 6.07 Å². The van der Waals surface area contributed by atoms with Gasteiger partial charge in [-0.15, -0.1) is 0 Å². The van der Waals surface area contributed by atoms with Crippen molar-refractivity contribution in [2.75, 3.05) is 11.9 Å². The summed E-state index contributed by atoms with van der Waals surface area (Å²) in [5.41, 5.74) is 1.90. The monoisotopic (exact) mass is 185 g/mol.